The van der Waals surface area contributed by atoms with Gasteiger partial charge in [0.1, 0.15) is 5.82 Å². The summed E-state index contributed by atoms with van der Waals surface area (Å²) in [5.74, 6) is -0.314. The molecule has 3 N–H and O–H groups in total. The molecule has 0 fully saturated rings. The Labute approximate surface area is 77.2 Å². The Morgan fingerprint density at radius 2 is 2.15 bits per heavy atom. The lowest BCUT2D eigenvalue weighted by atomic mass is 10.0. The van der Waals surface area contributed by atoms with Crippen molar-refractivity contribution in [1.29, 1.82) is 0 Å². The zero-order chi connectivity index (χ0) is 9.84. The van der Waals surface area contributed by atoms with Crippen molar-refractivity contribution >= 4 is 0 Å². The van der Waals surface area contributed by atoms with Crippen LogP contribution in [0.2, 0.25) is 0 Å². The predicted octanol–water partition coefficient (Wildman–Crippen LogP) is 1.52. The van der Waals surface area contributed by atoms with Gasteiger partial charge in [-0.2, -0.15) is 0 Å². The van der Waals surface area contributed by atoms with E-state index in [-0.39, 0.29) is 5.82 Å². The first-order chi connectivity index (χ1) is 6.13. The highest BCUT2D eigenvalue weighted by Crippen LogP contribution is 2.18. The Bertz CT molecular complexity index is 268. The maximum absolute atomic E-state index is 12.9. The molecule has 0 saturated heterocycles. The summed E-state index contributed by atoms with van der Waals surface area (Å²) < 4.78 is 12.9. The lowest BCUT2D eigenvalue weighted by Crippen LogP contribution is -2.07. The summed E-state index contributed by atoms with van der Waals surface area (Å²) in [6, 6.07) is 4.54. The van der Waals surface area contributed by atoms with Crippen molar-refractivity contribution in [2.24, 2.45) is 5.73 Å². The molecule has 3 heteroatoms. The molecule has 2 nitrogen and oxygen atoms in total. The van der Waals surface area contributed by atoms with E-state index < -0.39 is 6.10 Å². The van der Waals surface area contributed by atoms with E-state index in [9.17, 15) is 9.50 Å². The fourth-order valence-electron chi connectivity index (χ4n) is 1.28. The van der Waals surface area contributed by atoms with E-state index in [0.717, 1.165) is 5.56 Å². The number of aliphatic hydroxyl groups excluding tert-OH is 1. The second-order valence-corrected chi connectivity index (χ2v) is 3.16. The maximum Gasteiger partial charge on any atom is 0.123 e. The van der Waals surface area contributed by atoms with Crippen molar-refractivity contribution in [3.05, 3.63) is 35.1 Å². The van der Waals surface area contributed by atoms with Gasteiger partial charge < -0.3 is 10.8 Å². The number of hydrogen-bond acceptors (Lipinski definition) is 2. The first-order valence-electron chi connectivity index (χ1n) is 4.28. The van der Waals surface area contributed by atoms with Crippen LogP contribution in [0.1, 0.15) is 23.7 Å². The third-order valence-corrected chi connectivity index (χ3v) is 1.89. The normalized spacial score (nSPS) is 12.9. The number of halogens is 1. The minimum Gasteiger partial charge on any atom is -0.388 e. The van der Waals surface area contributed by atoms with Crippen LogP contribution in [0.3, 0.4) is 0 Å². The van der Waals surface area contributed by atoms with Crippen LogP contribution in [-0.4, -0.2) is 11.7 Å². The standard InChI is InChI=1S/C10H14FNO/c1-7-4-8(6-9(11)5-7)10(13)2-3-12/h4-6,10,13H,2-3,12H2,1H3/t10-/m0/s1. The van der Waals surface area contributed by atoms with E-state index in [1.54, 1.807) is 13.0 Å². The van der Waals surface area contributed by atoms with E-state index in [2.05, 4.69) is 0 Å². The van der Waals surface area contributed by atoms with E-state index in [1.807, 2.05) is 0 Å². The third-order valence-electron chi connectivity index (χ3n) is 1.89. The molecule has 0 aliphatic heterocycles. The summed E-state index contributed by atoms with van der Waals surface area (Å²) in [6.07, 6.45) is -0.192. The minimum atomic E-state index is -0.653. The quantitative estimate of drug-likeness (QED) is 0.746. The average molecular weight is 183 g/mol. The van der Waals surface area contributed by atoms with Crippen molar-refractivity contribution in [2.75, 3.05) is 6.54 Å². The second kappa shape index (κ2) is 4.35. The molecular weight excluding hydrogens is 169 g/mol. The van der Waals surface area contributed by atoms with Gasteiger partial charge in [-0.1, -0.05) is 6.07 Å². The second-order valence-electron chi connectivity index (χ2n) is 3.16. The van der Waals surface area contributed by atoms with Crippen molar-refractivity contribution in [1.82, 2.24) is 0 Å². The third kappa shape index (κ3) is 2.79. The van der Waals surface area contributed by atoms with E-state index in [0.29, 0.717) is 18.5 Å². The summed E-state index contributed by atoms with van der Waals surface area (Å²) in [5, 5.41) is 9.52. The molecule has 0 aliphatic rings. The predicted molar refractivity (Wildman–Crippen MR) is 49.8 cm³/mol. The molecule has 0 aliphatic carbocycles. The summed E-state index contributed by atoms with van der Waals surface area (Å²) in [6.45, 7) is 2.19. The molecule has 1 rings (SSSR count). The van der Waals surface area contributed by atoms with E-state index in [4.69, 9.17) is 5.73 Å². The average Bonchev–Trinajstić information content (AvgIpc) is 2.03. The Morgan fingerprint density at radius 3 is 2.69 bits per heavy atom. The summed E-state index contributed by atoms with van der Waals surface area (Å²) >= 11 is 0. The Hall–Kier alpha value is -0.930. The van der Waals surface area contributed by atoms with Crippen LogP contribution in [0, 0.1) is 12.7 Å². The van der Waals surface area contributed by atoms with E-state index >= 15 is 0 Å². The zero-order valence-electron chi connectivity index (χ0n) is 7.63. The molecule has 0 bridgehead atoms. The van der Waals surface area contributed by atoms with Gasteiger partial charge in [0, 0.05) is 0 Å². The van der Waals surface area contributed by atoms with Crippen LogP contribution in [0.15, 0.2) is 18.2 Å². The number of nitrogens with two attached hydrogens (primary N) is 1. The molecule has 0 amide bonds. The Balaban J connectivity index is 2.87. The number of hydrogen-bond donors (Lipinski definition) is 2. The van der Waals surface area contributed by atoms with Crippen LogP contribution in [-0.2, 0) is 0 Å². The van der Waals surface area contributed by atoms with Gasteiger partial charge >= 0.3 is 0 Å². The van der Waals surface area contributed by atoms with Gasteiger partial charge in [0.25, 0.3) is 0 Å². The van der Waals surface area contributed by atoms with Gasteiger partial charge in [-0.25, -0.2) is 4.39 Å². The minimum absolute atomic E-state index is 0.314. The summed E-state index contributed by atoms with van der Waals surface area (Å²) in [4.78, 5) is 0. The first-order valence-corrected chi connectivity index (χ1v) is 4.28. The van der Waals surface area contributed by atoms with Gasteiger partial charge in [-0.05, 0) is 43.1 Å². The number of aliphatic hydroxyl groups is 1. The van der Waals surface area contributed by atoms with Crippen molar-refractivity contribution in [3.8, 4) is 0 Å². The van der Waals surface area contributed by atoms with Gasteiger partial charge in [-0.3, -0.25) is 0 Å². The largest absolute Gasteiger partial charge is 0.388 e. The molecule has 0 aromatic heterocycles. The van der Waals surface area contributed by atoms with Gasteiger partial charge in [0.05, 0.1) is 6.10 Å². The highest BCUT2D eigenvalue weighted by atomic mass is 19.1. The van der Waals surface area contributed by atoms with Crippen molar-refractivity contribution in [2.45, 2.75) is 19.4 Å². The smallest absolute Gasteiger partial charge is 0.123 e. The van der Waals surface area contributed by atoms with Gasteiger partial charge in [0.15, 0.2) is 0 Å². The lowest BCUT2D eigenvalue weighted by molar-refractivity contribution is 0.170. The van der Waals surface area contributed by atoms with Crippen molar-refractivity contribution < 1.29 is 9.50 Å². The first kappa shape index (κ1) is 10.2. The SMILES string of the molecule is Cc1cc(F)cc([C@@H](O)CCN)c1. The molecule has 1 aromatic carbocycles. The molecular formula is C10H14FNO. The number of benzene rings is 1. The van der Waals surface area contributed by atoms with Crippen LogP contribution in [0.4, 0.5) is 4.39 Å². The van der Waals surface area contributed by atoms with Crippen LogP contribution in [0.25, 0.3) is 0 Å². The molecule has 0 spiro atoms. The monoisotopic (exact) mass is 183 g/mol. The molecule has 0 unspecified atom stereocenters. The number of aryl methyl sites for hydroxylation is 1. The highest BCUT2D eigenvalue weighted by Gasteiger charge is 2.07. The van der Waals surface area contributed by atoms with Crippen molar-refractivity contribution in [3.63, 3.8) is 0 Å². The molecule has 13 heavy (non-hydrogen) atoms. The van der Waals surface area contributed by atoms with Gasteiger partial charge in [-0.15, -0.1) is 0 Å². The highest BCUT2D eigenvalue weighted by molar-refractivity contribution is 5.25. The van der Waals surface area contributed by atoms with E-state index in [1.165, 1.54) is 12.1 Å². The van der Waals surface area contributed by atoms with Crippen LogP contribution < -0.4 is 5.73 Å². The Kier molecular flexibility index (Phi) is 3.39. The topological polar surface area (TPSA) is 46.2 Å². The Morgan fingerprint density at radius 1 is 1.46 bits per heavy atom. The number of rotatable bonds is 3. The van der Waals surface area contributed by atoms with Crippen LogP contribution in [0.5, 0.6) is 0 Å². The molecule has 1 atom stereocenters. The fourth-order valence-corrected chi connectivity index (χ4v) is 1.28. The molecule has 0 heterocycles. The molecule has 0 saturated carbocycles. The zero-order valence-corrected chi connectivity index (χ0v) is 7.63. The fraction of sp³-hybridized carbons (Fsp3) is 0.400. The summed E-state index contributed by atoms with van der Waals surface area (Å²) in [5.41, 5.74) is 6.70. The molecule has 1 aromatic rings. The molecule has 72 valence electrons. The molecule has 0 radical (unpaired) electrons. The maximum atomic E-state index is 12.9. The van der Waals surface area contributed by atoms with Crippen LogP contribution >= 0.6 is 0 Å². The lowest BCUT2D eigenvalue weighted by Gasteiger charge is -2.10. The summed E-state index contributed by atoms with van der Waals surface area (Å²) in [7, 11) is 0. The van der Waals surface area contributed by atoms with Gasteiger partial charge in [0.2, 0.25) is 0 Å².